The molecular formula is C30H26N2O5S. The van der Waals surface area contributed by atoms with E-state index in [9.17, 15) is 14.7 Å². The minimum absolute atomic E-state index is 0.00557. The zero-order valence-corrected chi connectivity index (χ0v) is 21.8. The minimum atomic E-state index is -0.907. The number of rotatable bonds is 8. The summed E-state index contributed by atoms with van der Waals surface area (Å²) >= 11 is 1.28. The lowest BCUT2D eigenvalue weighted by molar-refractivity contribution is -0.132. The normalized spacial score (nSPS) is 16.7. The van der Waals surface area contributed by atoms with Crippen molar-refractivity contribution in [3.05, 3.63) is 102 Å². The maximum atomic E-state index is 13.5. The summed E-state index contributed by atoms with van der Waals surface area (Å²) in [5.41, 5.74) is 2.73. The number of nitrogens with zero attached hydrogens (tertiary/aromatic N) is 2. The summed E-state index contributed by atoms with van der Waals surface area (Å²) in [6.07, 6.45) is 1.63. The second kappa shape index (κ2) is 10.5. The van der Waals surface area contributed by atoms with Gasteiger partial charge in [0.1, 0.15) is 23.9 Å². The zero-order chi connectivity index (χ0) is 26.8. The van der Waals surface area contributed by atoms with E-state index in [0.29, 0.717) is 46.5 Å². The largest absolute Gasteiger partial charge is 0.507 e. The number of ketones is 1. The highest BCUT2D eigenvalue weighted by Crippen LogP contribution is 2.45. The van der Waals surface area contributed by atoms with Crippen molar-refractivity contribution in [1.29, 1.82) is 0 Å². The van der Waals surface area contributed by atoms with Crippen LogP contribution in [0, 0.1) is 6.92 Å². The molecule has 1 unspecified atom stereocenters. The first-order chi connectivity index (χ1) is 18.4. The van der Waals surface area contributed by atoms with Crippen molar-refractivity contribution < 1.29 is 24.2 Å². The minimum Gasteiger partial charge on any atom is -0.507 e. The summed E-state index contributed by atoms with van der Waals surface area (Å²) in [4.78, 5) is 33.0. The maximum absolute atomic E-state index is 13.5. The van der Waals surface area contributed by atoms with Crippen LogP contribution in [0.4, 0.5) is 5.13 Å². The summed E-state index contributed by atoms with van der Waals surface area (Å²) in [7, 11) is 0. The number of thiazole rings is 1. The van der Waals surface area contributed by atoms with Gasteiger partial charge < -0.3 is 14.6 Å². The molecule has 1 amide bonds. The molecule has 38 heavy (non-hydrogen) atoms. The third-order valence-electron chi connectivity index (χ3n) is 6.18. The van der Waals surface area contributed by atoms with Crippen LogP contribution in [0.2, 0.25) is 0 Å². The molecule has 1 fully saturated rings. The van der Waals surface area contributed by atoms with Crippen LogP contribution in [0.25, 0.3) is 16.0 Å². The molecule has 7 nitrogen and oxygen atoms in total. The molecule has 3 aromatic carbocycles. The van der Waals surface area contributed by atoms with Crippen LogP contribution in [0.1, 0.15) is 29.7 Å². The molecule has 0 bridgehead atoms. The van der Waals surface area contributed by atoms with Crippen LogP contribution in [0.15, 0.2) is 85.0 Å². The van der Waals surface area contributed by atoms with Crippen LogP contribution in [0.5, 0.6) is 11.5 Å². The molecule has 4 aromatic rings. The van der Waals surface area contributed by atoms with Crippen LogP contribution < -0.4 is 14.4 Å². The van der Waals surface area contributed by atoms with Crippen molar-refractivity contribution in [1.82, 2.24) is 4.98 Å². The Bertz CT molecular complexity index is 1570. The first kappa shape index (κ1) is 25.2. The van der Waals surface area contributed by atoms with Crippen LogP contribution in [-0.2, 0) is 9.59 Å². The van der Waals surface area contributed by atoms with Crippen molar-refractivity contribution in [2.24, 2.45) is 0 Å². The van der Waals surface area contributed by atoms with Crippen molar-refractivity contribution in [3.63, 3.8) is 0 Å². The van der Waals surface area contributed by atoms with Gasteiger partial charge in [0.2, 0.25) is 0 Å². The Morgan fingerprint density at radius 1 is 1.08 bits per heavy atom. The van der Waals surface area contributed by atoms with Gasteiger partial charge in [-0.3, -0.25) is 14.5 Å². The molecule has 0 aliphatic carbocycles. The highest BCUT2D eigenvalue weighted by atomic mass is 32.1. The molecule has 0 radical (unpaired) electrons. The van der Waals surface area contributed by atoms with Gasteiger partial charge >= 0.3 is 5.91 Å². The SMILES string of the molecule is C=CCOc1cccc(C2/C(=C(\O)c3ccc(C)cc3)C(=O)C(=O)N2c2nc3ccc(OCC)cc3s2)c1. The molecule has 2 heterocycles. The summed E-state index contributed by atoms with van der Waals surface area (Å²) in [5, 5.41) is 11.7. The molecule has 8 heteroatoms. The molecule has 1 aliphatic heterocycles. The number of aryl methyl sites for hydroxylation is 1. The standard InChI is InChI=1S/C30H26N2O5S/c1-4-15-37-21-8-6-7-20(16-21)26-25(27(33)19-11-9-18(3)10-12-19)28(34)29(35)32(26)30-31-23-14-13-22(36-5-2)17-24(23)38-30/h4,6-14,16-17,26,33H,1,5,15H2,2-3H3/b27-25+. The lowest BCUT2D eigenvalue weighted by atomic mass is 9.95. The number of Topliss-reactive ketones (excluding diaryl/α,β-unsaturated/α-hetero) is 1. The average molecular weight is 527 g/mol. The number of ether oxygens (including phenoxy) is 2. The van der Waals surface area contributed by atoms with Gasteiger partial charge in [-0.2, -0.15) is 0 Å². The van der Waals surface area contributed by atoms with E-state index in [1.165, 1.54) is 16.2 Å². The fourth-order valence-corrected chi connectivity index (χ4v) is 5.41. The third kappa shape index (κ3) is 4.66. The predicted octanol–water partition coefficient (Wildman–Crippen LogP) is 6.19. The fraction of sp³-hybridized carbons (Fsp3) is 0.167. The number of fused-ring (bicyclic) bond motifs is 1. The number of carbonyl (C=O) groups is 2. The van der Waals surface area contributed by atoms with Crippen LogP contribution >= 0.6 is 11.3 Å². The number of anilines is 1. The number of aromatic nitrogens is 1. The second-order valence-corrected chi connectivity index (χ2v) is 9.78. The van der Waals surface area contributed by atoms with Gasteiger partial charge in [0.15, 0.2) is 5.13 Å². The lowest BCUT2D eigenvalue weighted by Gasteiger charge is -2.23. The number of amides is 1. The van der Waals surface area contributed by atoms with Gasteiger partial charge in [0.25, 0.3) is 5.78 Å². The van der Waals surface area contributed by atoms with Gasteiger partial charge in [-0.05, 0) is 49.7 Å². The monoisotopic (exact) mass is 526 g/mol. The molecule has 1 aromatic heterocycles. The summed E-state index contributed by atoms with van der Waals surface area (Å²) in [6, 6.07) is 18.9. The van der Waals surface area contributed by atoms with E-state index in [1.807, 2.05) is 44.2 Å². The van der Waals surface area contributed by atoms with Gasteiger partial charge in [-0.25, -0.2) is 4.98 Å². The van der Waals surface area contributed by atoms with Crippen LogP contribution in [-0.4, -0.2) is 35.0 Å². The topological polar surface area (TPSA) is 89.0 Å². The maximum Gasteiger partial charge on any atom is 0.301 e. The Labute approximate surface area is 224 Å². The molecule has 0 saturated carbocycles. The third-order valence-corrected chi connectivity index (χ3v) is 7.19. The highest BCUT2D eigenvalue weighted by Gasteiger charge is 2.48. The second-order valence-electron chi connectivity index (χ2n) is 8.77. The summed E-state index contributed by atoms with van der Waals surface area (Å²) in [5.74, 6) is -0.535. The molecule has 1 N–H and O–H groups in total. The number of aliphatic hydroxyl groups excluding tert-OH is 1. The molecule has 1 atom stereocenters. The van der Waals surface area contributed by atoms with Crippen molar-refractivity contribution in [2.75, 3.05) is 18.1 Å². The number of hydrogen-bond donors (Lipinski definition) is 1. The summed E-state index contributed by atoms with van der Waals surface area (Å²) < 4.78 is 12.1. The molecule has 1 aliphatic rings. The smallest absolute Gasteiger partial charge is 0.301 e. The highest BCUT2D eigenvalue weighted by molar-refractivity contribution is 7.22. The lowest BCUT2D eigenvalue weighted by Crippen LogP contribution is -2.29. The predicted molar refractivity (Wildman–Crippen MR) is 149 cm³/mol. The van der Waals surface area contributed by atoms with E-state index in [4.69, 9.17) is 9.47 Å². The first-order valence-electron chi connectivity index (χ1n) is 12.2. The van der Waals surface area contributed by atoms with E-state index in [1.54, 1.807) is 42.5 Å². The van der Waals surface area contributed by atoms with Gasteiger partial charge in [0.05, 0.1) is 28.4 Å². The molecule has 5 rings (SSSR count). The fourth-order valence-electron chi connectivity index (χ4n) is 4.39. The van der Waals surface area contributed by atoms with Gasteiger partial charge in [0, 0.05) is 5.56 Å². The molecule has 192 valence electrons. The van der Waals surface area contributed by atoms with Gasteiger partial charge in [-0.15, -0.1) is 0 Å². The Morgan fingerprint density at radius 2 is 1.84 bits per heavy atom. The van der Waals surface area contributed by atoms with Crippen molar-refractivity contribution in [3.8, 4) is 11.5 Å². The van der Waals surface area contributed by atoms with E-state index >= 15 is 0 Å². The van der Waals surface area contributed by atoms with E-state index in [-0.39, 0.29) is 11.3 Å². The van der Waals surface area contributed by atoms with E-state index in [0.717, 1.165) is 10.3 Å². The Kier molecular flexibility index (Phi) is 6.98. The molecular weight excluding hydrogens is 500 g/mol. The summed E-state index contributed by atoms with van der Waals surface area (Å²) in [6.45, 7) is 8.34. The van der Waals surface area contributed by atoms with E-state index < -0.39 is 17.7 Å². The van der Waals surface area contributed by atoms with Crippen molar-refractivity contribution >= 4 is 44.1 Å². The first-order valence-corrected chi connectivity index (χ1v) is 13.0. The number of carbonyl (C=O) groups excluding carboxylic acids is 2. The quantitative estimate of drug-likeness (QED) is 0.127. The number of hydrogen-bond acceptors (Lipinski definition) is 7. The van der Waals surface area contributed by atoms with E-state index in [2.05, 4.69) is 11.6 Å². The van der Waals surface area contributed by atoms with Gasteiger partial charge in [-0.1, -0.05) is 66.0 Å². The zero-order valence-electron chi connectivity index (χ0n) is 21.0. The average Bonchev–Trinajstić information content (AvgIpc) is 3.45. The molecule has 0 spiro atoms. The number of benzene rings is 3. The Morgan fingerprint density at radius 3 is 2.58 bits per heavy atom. The molecule has 1 saturated heterocycles. The Hall–Kier alpha value is -4.43. The van der Waals surface area contributed by atoms with Crippen LogP contribution in [0.3, 0.4) is 0 Å². The Balaban J connectivity index is 1.68. The van der Waals surface area contributed by atoms with Crippen molar-refractivity contribution in [2.45, 2.75) is 19.9 Å². The number of aliphatic hydroxyl groups is 1.